The van der Waals surface area contributed by atoms with Crippen LogP contribution in [0, 0.1) is 0 Å². The van der Waals surface area contributed by atoms with Crippen LogP contribution in [0.5, 0.6) is 0 Å². The summed E-state index contributed by atoms with van der Waals surface area (Å²) >= 11 is 13.4. The Kier molecular flexibility index (Phi) is 5.39. The highest BCUT2D eigenvalue weighted by molar-refractivity contribution is 8.14. The molecule has 24 heavy (non-hydrogen) atoms. The van der Waals surface area contributed by atoms with E-state index in [-0.39, 0.29) is 4.90 Å². The van der Waals surface area contributed by atoms with Gasteiger partial charge < -0.3 is 0 Å². The molecule has 126 valence electrons. The Hall–Kier alpha value is -1.21. The van der Waals surface area contributed by atoms with Crippen LogP contribution in [-0.4, -0.2) is 31.0 Å². The summed E-state index contributed by atoms with van der Waals surface area (Å²) in [5, 5.41) is 1.65. The van der Waals surface area contributed by atoms with Crippen LogP contribution < -0.4 is 0 Å². The number of hydrogen-bond donors (Lipinski definition) is 0. The first-order valence-corrected chi connectivity index (χ1v) is 10.4. The summed E-state index contributed by atoms with van der Waals surface area (Å²) in [6.07, 6.45) is 0. The Labute approximate surface area is 155 Å². The van der Waals surface area contributed by atoms with Gasteiger partial charge in [0.05, 0.1) is 18.0 Å². The predicted molar refractivity (Wildman–Crippen MR) is 100 cm³/mol. The SMILES string of the molecule is O=S(=O)(c1ccc(Cl)cc1)N1CCN=C1SCc1ccccc1Cl. The lowest BCUT2D eigenvalue weighted by Gasteiger charge is -2.20. The maximum atomic E-state index is 12.8. The molecule has 1 aliphatic heterocycles. The Morgan fingerprint density at radius 2 is 1.79 bits per heavy atom. The molecular formula is C16H14Cl2N2O2S2. The average molecular weight is 401 g/mol. The molecule has 1 heterocycles. The predicted octanol–water partition coefficient (Wildman–Crippen LogP) is 4.29. The van der Waals surface area contributed by atoms with Gasteiger partial charge in [0, 0.05) is 15.8 Å². The van der Waals surface area contributed by atoms with Gasteiger partial charge in [0.1, 0.15) is 0 Å². The fourth-order valence-electron chi connectivity index (χ4n) is 2.24. The first kappa shape index (κ1) is 17.6. The summed E-state index contributed by atoms with van der Waals surface area (Å²) in [6.45, 7) is 0.799. The number of benzene rings is 2. The van der Waals surface area contributed by atoms with Gasteiger partial charge in [0.25, 0.3) is 10.0 Å². The van der Waals surface area contributed by atoms with E-state index in [1.807, 2.05) is 24.3 Å². The zero-order valence-electron chi connectivity index (χ0n) is 12.5. The molecule has 0 aliphatic carbocycles. The lowest BCUT2D eigenvalue weighted by molar-refractivity contribution is 0.540. The zero-order valence-corrected chi connectivity index (χ0v) is 15.7. The first-order valence-electron chi connectivity index (χ1n) is 7.17. The summed E-state index contributed by atoms with van der Waals surface area (Å²) < 4.78 is 26.9. The number of halogens is 2. The van der Waals surface area contributed by atoms with Crippen molar-refractivity contribution in [1.29, 1.82) is 0 Å². The third-order valence-electron chi connectivity index (χ3n) is 3.48. The highest BCUT2D eigenvalue weighted by Gasteiger charge is 2.30. The summed E-state index contributed by atoms with van der Waals surface area (Å²) in [5.74, 6) is 0.561. The normalized spacial score (nSPS) is 14.8. The molecule has 0 amide bonds. The van der Waals surface area contributed by atoms with Gasteiger partial charge in [-0.05, 0) is 35.9 Å². The molecule has 0 atom stereocenters. The van der Waals surface area contributed by atoms with Crippen molar-refractivity contribution < 1.29 is 8.42 Å². The lowest BCUT2D eigenvalue weighted by Crippen LogP contribution is -2.32. The highest BCUT2D eigenvalue weighted by atomic mass is 35.5. The zero-order chi connectivity index (χ0) is 17.2. The number of nitrogens with zero attached hydrogens (tertiary/aromatic N) is 2. The number of thioether (sulfide) groups is 1. The molecule has 2 aromatic carbocycles. The quantitative estimate of drug-likeness (QED) is 0.768. The number of rotatable bonds is 4. The van der Waals surface area contributed by atoms with Crippen LogP contribution in [-0.2, 0) is 15.8 Å². The van der Waals surface area contributed by atoms with E-state index in [2.05, 4.69) is 4.99 Å². The van der Waals surface area contributed by atoms with Crippen molar-refractivity contribution in [2.24, 2.45) is 4.99 Å². The number of amidine groups is 1. The number of aliphatic imine (C=N–C) groups is 1. The van der Waals surface area contributed by atoms with Gasteiger partial charge in [-0.15, -0.1) is 0 Å². The first-order chi connectivity index (χ1) is 11.5. The third-order valence-corrected chi connectivity index (χ3v) is 7.08. The molecule has 0 bridgehead atoms. The maximum Gasteiger partial charge on any atom is 0.265 e. The molecule has 0 radical (unpaired) electrons. The van der Waals surface area contributed by atoms with Crippen LogP contribution >= 0.6 is 35.0 Å². The van der Waals surface area contributed by atoms with E-state index in [9.17, 15) is 8.42 Å². The van der Waals surface area contributed by atoms with Gasteiger partial charge in [-0.25, -0.2) is 12.7 Å². The monoisotopic (exact) mass is 400 g/mol. The van der Waals surface area contributed by atoms with Gasteiger partial charge >= 0.3 is 0 Å². The summed E-state index contributed by atoms with van der Waals surface area (Å²) in [5.41, 5.74) is 0.947. The van der Waals surface area contributed by atoms with E-state index in [4.69, 9.17) is 23.2 Å². The minimum atomic E-state index is -3.63. The molecule has 0 N–H and O–H groups in total. The third kappa shape index (κ3) is 3.72. The van der Waals surface area contributed by atoms with Crippen LogP contribution in [0.1, 0.15) is 5.56 Å². The van der Waals surface area contributed by atoms with E-state index in [1.54, 1.807) is 12.1 Å². The van der Waals surface area contributed by atoms with Crippen LogP contribution in [0.25, 0.3) is 0 Å². The molecule has 8 heteroatoms. The minimum Gasteiger partial charge on any atom is -0.260 e. The molecule has 1 aliphatic rings. The summed E-state index contributed by atoms with van der Waals surface area (Å²) in [7, 11) is -3.63. The Morgan fingerprint density at radius 3 is 2.50 bits per heavy atom. The van der Waals surface area contributed by atoms with Crippen molar-refractivity contribution >= 4 is 50.2 Å². The van der Waals surface area contributed by atoms with Crippen molar-refractivity contribution in [2.75, 3.05) is 13.1 Å². The van der Waals surface area contributed by atoms with Crippen LogP contribution in [0.2, 0.25) is 10.0 Å². The fourth-order valence-corrected chi connectivity index (χ4v) is 5.38. The molecule has 0 saturated heterocycles. The largest absolute Gasteiger partial charge is 0.265 e. The molecule has 0 fully saturated rings. The molecule has 4 nitrogen and oxygen atoms in total. The molecule has 0 spiro atoms. The molecule has 2 aromatic rings. The second-order valence-electron chi connectivity index (χ2n) is 5.08. The topological polar surface area (TPSA) is 49.7 Å². The number of hydrogen-bond acceptors (Lipinski definition) is 4. The molecular weight excluding hydrogens is 387 g/mol. The van der Waals surface area contributed by atoms with Gasteiger partial charge in [0.15, 0.2) is 5.17 Å². The smallest absolute Gasteiger partial charge is 0.260 e. The second kappa shape index (κ2) is 7.35. The Bertz CT molecular complexity index is 868. The van der Waals surface area contributed by atoms with Gasteiger partial charge in [0.2, 0.25) is 0 Å². The second-order valence-corrected chi connectivity index (χ2v) is 8.72. The standard InChI is InChI=1S/C16H14Cl2N2O2S2/c17-13-5-7-14(8-6-13)24(21,22)20-10-9-19-16(20)23-11-12-3-1-2-4-15(12)18/h1-8H,9-11H2. The molecule has 0 unspecified atom stereocenters. The summed E-state index contributed by atoms with van der Waals surface area (Å²) in [4.78, 5) is 4.54. The van der Waals surface area contributed by atoms with E-state index in [1.165, 1.54) is 28.2 Å². The van der Waals surface area contributed by atoms with E-state index < -0.39 is 10.0 Å². The van der Waals surface area contributed by atoms with E-state index in [0.29, 0.717) is 34.1 Å². The number of sulfonamides is 1. The van der Waals surface area contributed by atoms with E-state index >= 15 is 0 Å². The van der Waals surface area contributed by atoms with Gasteiger partial charge in [-0.3, -0.25) is 4.99 Å². The lowest BCUT2D eigenvalue weighted by atomic mass is 10.2. The van der Waals surface area contributed by atoms with Gasteiger partial charge in [-0.1, -0.05) is 53.2 Å². The molecule has 0 aromatic heterocycles. The van der Waals surface area contributed by atoms with E-state index in [0.717, 1.165) is 5.56 Å². The summed E-state index contributed by atoms with van der Waals surface area (Å²) in [6, 6.07) is 13.6. The Morgan fingerprint density at radius 1 is 1.08 bits per heavy atom. The van der Waals surface area contributed by atoms with Gasteiger partial charge in [-0.2, -0.15) is 0 Å². The maximum absolute atomic E-state index is 12.8. The van der Waals surface area contributed by atoms with Crippen molar-refractivity contribution in [2.45, 2.75) is 10.6 Å². The van der Waals surface area contributed by atoms with Crippen molar-refractivity contribution in [3.63, 3.8) is 0 Å². The van der Waals surface area contributed by atoms with Crippen LogP contribution in [0.15, 0.2) is 58.4 Å². The van der Waals surface area contributed by atoms with Crippen molar-refractivity contribution in [3.8, 4) is 0 Å². The molecule has 3 rings (SSSR count). The molecule has 0 saturated carbocycles. The fraction of sp³-hybridized carbons (Fsp3) is 0.188. The highest BCUT2D eigenvalue weighted by Crippen LogP contribution is 2.28. The average Bonchev–Trinajstić information content (AvgIpc) is 3.04. The van der Waals surface area contributed by atoms with Crippen LogP contribution in [0.3, 0.4) is 0 Å². The van der Waals surface area contributed by atoms with Crippen molar-refractivity contribution in [1.82, 2.24) is 4.31 Å². The van der Waals surface area contributed by atoms with Crippen molar-refractivity contribution in [3.05, 3.63) is 64.1 Å². The minimum absolute atomic E-state index is 0.208. The van der Waals surface area contributed by atoms with Crippen LogP contribution in [0.4, 0.5) is 0 Å². The Balaban J connectivity index is 1.78.